The monoisotopic (exact) mass is 2120 g/mol. The fraction of sp³-hybridized carbons (Fsp3) is 0.423. The van der Waals surface area contributed by atoms with Gasteiger partial charge in [-0.05, 0) is 236 Å². The maximum atomic E-state index is 14.0. The molecule has 4 unspecified atom stereocenters. The molecular formula is C111H131BrN16O16S3. The zero-order chi connectivity index (χ0) is 105. The van der Waals surface area contributed by atoms with Crippen molar-refractivity contribution in [2.45, 2.75) is 204 Å². The van der Waals surface area contributed by atoms with Crippen LogP contribution in [0.15, 0.2) is 221 Å². The Morgan fingerprint density at radius 1 is 0.395 bits per heavy atom. The number of halogens is 1. The molecule has 6 aromatic heterocycles. The number of alkyl halides is 1. The average molecular weight is 2120 g/mol. The number of nitrogens with one attached hydrogen (secondary N) is 2. The first kappa shape index (κ1) is 105. The number of amides is 6. The average Bonchev–Trinajstić information content (AvgIpc) is 1.62. The van der Waals surface area contributed by atoms with Gasteiger partial charge in [-0.1, -0.05) is 142 Å². The largest absolute Gasteiger partial charge is 0.481 e. The number of likely N-dealkylation sites (tertiary alicyclic amines) is 5. The minimum absolute atomic E-state index is 0.0213. The molecule has 2 N–H and O–H groups in total. The first-order chi connectivity index (χ1) is 70.0. The molecular weight excluding hydrogens is 1990 g/mol. The number of hydrogen-bond donors (Lipinski definition) is 2. The lowest BCUT2D eigenvalue weighted by atomic mass is 9.78. The molecule has 4 spiro atoms. The number of aryl methyl sites for hydroxylation is 5. The Labute approximate surface area is 868 Å². The van der Waals surface area contributed by atoms with E-state index in [0.717, 1.165) is 157 Å². The Morgan fingerprint density at radius 3 is 1.12 bits per heavy atom. The lowest BCUT2D eigenvalue weighted by molar-refractivity contribution is -0.146. The van der Waals surface area contributed by atoms with Crippen molar-refractivity contribution in [2.24, 2.45) is 21.7 Å². The molecule has 0 saturated carbocycles. The summed E-state index contributed by atoms with van der Waals surface area (Å²) < 4.78 is 106. The molecule has 14 heterocycles. The number of aromatic amines is 1. The molecule has 8 aliphatic heterocycles. The van der Waals surface area contributed by atoms with Crippen LogP contribution in [0.25, 0.3) is 43.6 Å². The maximum Gasteiger partial charge on any atom is 0.410 e. The van der Waals surface area contributed by atoms with Crippen molar-refractivity contribution >= 4 is 137 Å². The molecule has 0 radical (unpaired) electrons. The van der Waals surface area contributed by atoms with Crippen LogP contribution in [0, 0.1) is 56.3 Å². The van der Waals surface area contributed by atoms with E-state index in [1.807, 2.05) is 194 Å². The van der Waals surface area contributed by atoms with Crippen LogP contribution in [0.1, 0.15) is 169 Å². The third-order valence-electron chi connectivity index (χ3n) is 29.3. The Kier molecular flexibility index (Phi) is 30.5. The van der Waals surface area contributed by atoms with Gasteiger partial charge in [-0.2, -0.15) is 9.97 Å². The van der Waals surface area contributed by atoms with Gasteiger partial charge in [0.05, 0.1) is 67.1 Å². The predicted octanol–water partition coefficient (Wildman–Crippen LogP) is 18.1. The van der Waals surface area contributed by atoms with Crippen molar-refractivity contribution in [3.8, 4) is 11.8 Å². The molecule has 21 rings (SSSR count). The van der Waals surface area contributed by atoms with Crippen LogP contribution < -0.4 is 24.6 Å². The number of fused-ring (bicyclic) bond motifs is 4. The number of hydrogen-bond acceptors (Lipinski definition) is 22. The second-order valence-corrected chi connectivity index (χ2v) is 48.2. The Balaban J connectivity index is 0.000000129. The summed E-state index contributed by atoms with van der Waals surface area (Å²) in [7, 11) is -7.99. The lowest BCUT2D eigenvalue weighted by Gasteiger charge is -2.39. The number of carbonyl (C=O) groups excluding carboxylic acids is 6. The minimum atomic E-state index is -3.81. The SMILES string of the molecule is CC(C)(C)OC(=O)N1CCC2(CCCNC2=O)C1.COc1cc(C)nc(N2CCC3(CCCN(Cc4c[nH]c5ccccc45)C3=O)C2)n1.COc1cc(C)nc(N2CCC3(CCCN(Cc4cn(S(=O)(=O)c5ccc(C)cc5)c5ccccc45)C3=O)C2)n1.Cc1ccc(S(=O)(=O)n2cc(CBr)c3ccccc32)cc1.Cc1ccc(S(=O)(=O)n2cc(CN3CCCC4(CCN(C(=O)OC(C)(C)C)C4)C3=O)c3ccccc32)cc1. The molecule has 0 aliphatic carbocycles. The molecule has 8 aliphatic rings. The summed E-state index contributed by atoms with van der Waals surface area (Å²) in [5, 5.41) is 7.30. The second kappa shape index (κ2) is 42.6. The van der Waals surface area contributed by atoms with E-state index in [1.54, 1.807) is 115 Å². The number of rotatable bonds is 17. The molecule has 13 aromatic rings. The van der Waals surface area contributed by atoms with Crippen LogP contribution in [0.2, 0.25) is 0 Å². The summed E-state index contributed by atoms with van der Waals surface area (Å²) in [6.45, 7) is 29.4. The van der Waals surface area contributed by atoms with Gasteiger partial charge in [0.25, 0.3) is 30.1 Å². The summed E-state index contributed by atoms with van der Waals surface area (Å²) in [5.74, 6) is 2.81. The predicted molar refractivity (Wildman–Crippen MR) is 569 cm³/mol. The van der Waals surface area contributed by atoms with Gasteiger partial charge in [0.1, 0.15) is 11.2 Å². The first-order valence-electron chi connectivity index (χ1n) is 50.3. The van der Waals surface area contributed by atoms with Gasteiger partial charge in [0, 0.05) is 179 Å². The van der Waals surface area contributed by atoms with Crippen LogP contribution in [-0.2, 0) is 83.7 Å². The normalized spacial score (nSPS) is 20.2. The Morgan fingerprint density at radius 2 is 0.735 bits per heavy atom. The number of anilines is 2. The van der Waals surface area contributed by atoms with Crippen molar-refractivity contribution in [1.29, 1.82) is 0 Å². The number of para-hydroxylation sites is 4. The number of H-pyrrole nitrogens is 1. The molecule has 147 heavy (non-hydrogen) atoms. The van der Waals surface area contributed by atoms with Crippen molar-refractivity contribution in [1.82, 2.24) is 66.7 Å². The van der Waals surface area contributed by atoms with Crippen molar-refractivity contribution < 1.29 is 73.0 Å². The number of benzene rings is 7. The highest BCUT2D eigenvalue weighted by Gasteiger charge is 2.54. The number of ether oxygens (including phenoxy) is 4. The van der Waals surface area contributed by atoms with Crippen LogP contribution in [-0.4, -0.2) is 226 Å². The summed E-state index contributed by atoms with van der Waals surface area (Å²) in [6.07, 6.45) is 16.4. The maximum absolute atomic E-state index is 14.0. The fourth-order valence-corrected chi connectivity index (χ4v) is 26.3. The fourth-order valence-electron chi connectivity index (χ4n) is 21.7. The minimum Gasteiger partial charge on any atom is -0.481 e. The topological polar surface area (TPSA) is 359 Å². The van der Waals surface area contributed by atoms with Gasteiger partial charge >= 0.3 is 12.2 Å². The Hall–Kier alpha value is -13.2. The first-order valence-corrected chi connectivity index (χ1v) is 55.7. The van der Waals surface area contributed by atoms with E-state index >= 15 is 0 Å². The van der Waals surface area contributed by atoms with E-state index in [2.05, 4.69) is 68.1 Å². The standard InChI is InChI=1S/C30H33N5O4S.C29H35N3O5S.C23H27N5O2.C16H14BrNO2S.C13H22N2O3/c1-21-9-11-24(12-10-21)40(37,38)35-19-23(25-7-4-5-8-26(25)35)18-33-15-6-13-30(28(33)36)14-16-34(20-30)29-31-22(2)17-27(32-29)39-3;1-21-10-12-23(13-11-21)38(35,36)32-19-22(24-8-5-6-9-25(24)32)18-30-16-7-14-29(26(30)33)15-17-31(20-29)27(34)37-28(2,3)4;1-16-12-20(30-2)26-22(25-16)28-11-9-23(15-28)8-5-10-27(21(23)29)14-17-13-24-19-7-4-3-6-18(17)19;1-12-6-8-14(9-7-12)21(19,20)18-11-13(10-17)15-4-2-3-5-16(15)18;1-12(2,3)18-11(17)15-8-6-13(9-15)5-4-7-14-10(13)16/h4-5,7-12,17,19H,6,13-16,18,20H2,1-3H3;5-6,8-13,19H,7,14-18,20H2,1-4H3;3-4,6-7,12-13,24H,5,8-11,14-15H2,1-2H3;2-9,11H,10H2,1H3;4-9H2,1-3H3,(H,14,16). The van der Waals surface area contributed by atoms with E-state index in [0.29, 0.717) is 135 Å². The van der Waals surface area contributed by atoms with E-state index in [-0.39, 0.29) is 56.4 Å². The molecule has 776 valence electrons. The highest BCUT2D eigenvalue weighted by atomic mass is 79.9. The van der Waals surface area contributed by atoms with Gasteiger partial charge in [0.15, 0.2) is 0 Å². The zero-order valence-corrected chi connectivity index (χ0v) is 89.9. The molecule has 36 heteroatoms. The van der Waals surface area contributed by atoms with Crippen LogP contribution in [0.3, 0.4) is 0 Å². The van der Waals surface area contributed by atoms with Crippen molar-refractivity contribution in [3.63, 3.8) is 0 Å². The number of nitrogens with zero attached hydrogens (tertiary/aromatic N) is 14. The number of methoxy groups -OCH3 is 2. The number of carbonyl (C=O) groups is 6. The highest BCUT2D eigenvalue weighted by Crippen LogP contribution is 2.47. The molecule has 8 saturated heterocycles. The second-order valence-electron chi connectivity index (χ2n) is 42.2. The quantitative estimate of drug-likeness (QED) is 0.0800. The third-order valence-corrected chi connectivity index (χ3v) is 35.0. The van der Waals surface area contributed by atoms with Crippen molar-refractivity contribution in [3.05, 3.63) is 257 Å². The van der Waals surface area contributed by atoms with Gasteiger partial charge < -0.3 is 63.5 Å². The number of piperidine rings is 4. The molecule has 7 aromatic carbocycles. The van der Waals surface area contributed by atoms with Gasteiger partial charge in [-0.25, -0.2) is 56.7 Å². The zero-order valence-electron chi connectivity index (χ0n) is 85.8. The lowest BCUT2D eigenvalue weighted by Crippen LogP contribution is -2.50. The van der Waals surface area contributed by atoms with Crippen molar-refractivity contribution in [2.75, 3.05) is 103 Å². The van der Waals surface area contributed by atoms with Gasteiger partial charge in [-0.3, -0.25) is 19.2 Å². The van der Waals surface area contributed by atoms with Crippen LogP contribution >= 0.6 is 15.9 Å². The van der Waals surface area contributed by atoms with Crippen LogP contribution in [0.4, 0.5) is 21.5 Å². The molecule has 32 nitrogen and oxygen atoms in total. The van der Waals surface area contributed by atoms with E-state index in [9.17, 15) is 54.0 Å². The summed E-state index contributed by atoms with van der Waals surface area (Å²) in [6, 6.07) is 54.9. The summed E-state index contributed by atoms with van der Waals surface area (Å²) in [4.78, 5) is 114. The molecule has 8 fully saturated rings. The Bertz CT molecular complexity index is 7490. The smallest absolute Gasteiger partial charge is 0.410 e. The number of aromatic nitrogens is 8. The summed E-state index contributed by atoms with van der Waals surface area (Å²) >= 11 is 3.42. The third kappa shape index (κ3) is 22.4. The van der Waals surface area contributed by atoms with Gasteiger partial charge in [-0.15, -0.1) is 0 Å². The van der Waals surface area contributed by atoms with Gasteiger partial charge in [0.2, 0.25) is 47.3 Å². The van der Waals surface area contributed by atoms with E-state index in [1.165, 1.54) is 22.9 Å². The molecule has 6 amide bonds. The highest BCUT2D eigenvalue weighted by molar-refractivity contribution is 9.08. The molecule has 4 atom stereocenters. The van der Waals surface area contributed by atoms with E-state index < -0.39 is 52.1 Å². The van der Waals surface area contributed by atoms with Crippen LogP contribution in [0.5, 0.6) is 11.8 Å². The molecule has 0 bridgehead atoms. The summed E-state index contributed by atoms with van der Waals surface area (Å²) in [5.41, 5.74) is 8.52. The van der Waals surface area contributed by atoms with E-state index in [4.69, 9.17) is 18.9 Å².